The zero-order chi connectivity index (χ0) is 16.1. The topological polar surface area (TPSA) is 37.3 Å². The second kappa shape index (κ2) is 7.57. The van der Waals surface area contributed by atoms with Crippen LogP contribution in [0.5, 0.6) is 0 Å². The molecule has 0 aliphatic heterocycles. The van der Waals surface area contributed by atoms with Crippen molar-refractivity contribution >= 4 is 17.4 Å². The van der Waals surface area contributed by atoms with Gasteiger partial charge in [-0.15, -0.1) is 0 Å². The van der Waals surface area contributed by atoms with Crippen LogP contribution >= 0.6 is 11.6 Å². The second-order valence-electron chi connectivity index (χ2n) is 5.62. The average Bonchev–Trinajstić information content (AvgIpc) is 2.60. The summed E-state index contributed by atoms with van der Waals surface area (Å²) >= 11 is 6.05. The van der Waals surface area contributed by atoms with E-state index < -0.39 is 6.10 Å². The van der Waals surface area contributed by atoms with Gasteiger partial charge >= 0.3 is 0 Å². The predicted octanol–water partition coefficient (Wildman–Crippen LogP) is 4.67. The molecule has 0 aromatic heterocycles. The molecule has 0 bridgehead atoms. The van der Waals surface area contributed by atoms with Gasteiger partial charge in [0.05, 0.1) is 6.10 Å². The maximum absolute atomic E-state index is 12.9. The minimum absolute atomic E-state index is 0.0496. The molecule has 2 rings (SSSR count). The van der Waals surface area contributed by atoms with Gasteiger partial charge < -0.3 is 5.11 Å². The summed E-state index contributed by atoms with van der Waals surface area (Å²) < 4.78 is 0. The van der Waals surface area contributed by atoms with Crippen LogP contribution in [-0.4, -0.2) is 17.0 Å². The van der Waals surface area contributed by atoms with Crippen LogP contribution in [0, 0.1) is 0 Å². The fraction of sp³-hybridized carbons (Fsp3) is 0.316. The smallest absolute Gasteiger partial charge is 0.189 e. The largest absolute Gasteiger partial charge is 0.393 e. The van der Waals surface area contributed by atoms with E-state index in [0.29, 0.717) is 17.9 Å². The number of Topliss-reactive ketones (excluding diaryl/α,β-unsaturated/α-hetero) is 1. The lowest BCUT2D eigenvalue weighted by molar-refractivity contribution is 0.102. The first-order valence-electron chi connectivity index (χ1n) is 7.55. The molecular formula is C19H21ClO2. The normalized spacial score (nSPS) is 16.6. The number of aliphatic hydroxyl groups excluding tert-OH is 1. The highest BCUT2D eigenvalue weighted by Gasteiger charge is 2.23. The molecular weight excluding hydrogens is 296 g/mol. The summed E-state index contributed by atoms with van der Waals surface area (Å²) in [6, 6.07) is 5.44. The van der Waals surface area contributed by atoms with Gasteiger partial charge in [0, 0.05) is 16.2 Å². The summed E-state index contributed by atoms with van der Waals surface area (Å²) in [5, 5.41) is 10.2. The standard InChI is InChI=1S/C19H21ClO2/c1-3-4-5-14-7-8-15-12-16(20)9-11-18(15)19(22)17(14)10-6-13(2)21/h3-5,9,11-13,21H,1,6-8,10H2,2H3/b5-4-/t13-/m1/s1. The first-order valence-corrected chi connectivity index (χ1v) is 7.93. The Morgan fingerprint density at radius 1 is 1.41 bits per heavy atom. The molecule has 0 fully saturated rings. The number of benzene rings is 1. The van der Waals surface area contributed by atoms with E-state index in [2.05, 4.69) is 6.58 Å². The number of rotatable bonds is 5. The SMILES string of the molecule is C=C/C=C\C1=C(CC[C@@H](C)O)C(=O)c2ccc(Cl)cc2CC1. The van der Waals surface area contributed by atoms with Gasteiger partial charge in [-0.25, -0.2) is 0 Å². The maximum Gasteiger partial charge on any atom is 0.189 e. The number of fused-ring (bicyclic) bond motifs is 1. The van der Waals surface area contributed by atoms with E-state index in [4.69, 9.17) is 11.6 Å². The Morgan fingerprint density at radius 3 is 2.86 bits per heavy atom. The van der Waals surface area contributed by atoms with Crippen LogP contribution in [0.2, 0.25) is 5.02 Å². The summed E-state index contributed by atoms with van der Waals surface area (Å²) in [6.45, 7) is 5.43. The first-order chi connectivity index (χ1) is 10.5. The van der Waals surface area contributed by atoms with E-state index in [0.717, 1.165) is 35.1 Å². The highest BCUT2D eigenvalue weighted by Crippen LogP contribution is 2.30. The molecule has 1 aromatic rings. The Hall–Kier alpha value is -1.64. The van der Waals surface area contributed by atoms with Crippen molar-refractivity contribution in [3.63, 3.8) is 0 Å². The van der Waals surface area contributed by atoms with E-state index in [1.165, 1.54) is 0 Å². The third-order valence-corrected chi connectivity index (χ3v) is 4.12. The van der Waals surface area contributed by atoms with Crippen molar-refractivity contribution in [1.29, 1.82) is 0 Å². The van der Waals surface area contributed by atoms with Crippen LogP contribution in [0.4, 0.5) is 0 Å². The van der Waals surface area contributed by atoms with Crippen LogP contribution in [0.25, 0.3) is 0 Å². The van der Waals surface area contributed by atoms with Gasteiger partial charge in [0.25, 0.3) is 0 Å². The quantitative estimate of drug-likeness (QED) is 0.802. The predicted molar refractivity (Wildman–Crippen MR) is 91.4 cm³/mol. The van der Waals surface area contributed by atoms with E-state index in [1.807, 2.05) is 24.3 Å². The number of hydrogen-bond acceptors (Lipinski definition) is 2. The summed E-state index contributed by atoms with van der Waals surface area (Å²) in [7, 11) is 0. The molecule has 1 aliphatic carbocycles. The van der Waals surface area contributed by atoms with Crippen molar-refractivity contribution in [3.05, 3.63) is 70.3 Å². The molecule has 0 amide bonds. The number of halogens is 1. The Balaban J connectivity index is 2.43. The van der Waals surface area contributed by atoms with Gasteiger partial charge in [-0.3, -0.25) is 4.79 Å². The Morgan fingerprint density at radius 2 is 2.18 bits per heavy atom. The summed E-state index contributed by atoms with van der Waals surface area (Å²) in [6.07, 6.45) is 7.83. The van der Waals surface area contributed by atoms with Gasteiger partial charge in [-0.1, -0.05) is 36.4 Å². The van der Waals surface area contributed by atoms with Crippen molar-refractivity contribution in [3.8, 4) is 0 Å². The summed E-state index contributed by atoms with van der Waals surface area (Å²) in [5.41, 5.74) is 3.54. The van der Waals surface area contributed by atoms with Crippen molar-refractivity contribution in [2.45, 2.75) is 38.7 Å². The first kappa shape index (κ1) is 16.7. The average molecular weight is 317 g/mol. The monoisotopic (exact) mass is 316 g/mol. The molecule has 1 aromatic carbocycles. The van der Waals surface area contributed by atoms with Gasteiger partial charge in [-0.2, -0.15) is 0 Å². The molecule has 116 valence electrons. The van der Waals surface area contributed by atoms with E-state index in [1.54, 1.807) is 19.1 Å². The molecule has 22 heavy (non-hydrogen) atoms. The van der Waals surface area contributed by atoms with E-state index in [-0.39, 0.29) is 5.78 Å². The number of aryl methyl sites for hydroxylation is 1. The number of aliphatic hydroxyl groups is 1. The molecule has 1 atom stereocenters. The third-order valence-electron chi connectivity index (χ3n) is 3.88. The molecule has 0 saturated carbocycles. The van der Waals surface area contributed by atoms with Crippen LogP contribution in [0.3, 0.4) is 0 Å². The fourth-order valence-electron chi connectivity index (χ4n) is 2.71. The molecule has 0 unspecified atom stereocenters. The fourth-order valence-corrected chi connectivity index (χ4v) is 2.91. The number of carbonyl (C=O) groups excluding carboxylic acids is 1. The molecule has 2 nitrogen and oxygen atoms in total. The van der Waals surface area contributed by atoms with Crippen molar-refractivity contribution in [1.82, 2.24) is 0 Å². The van der Waals surface area contributed by atoms with Crippen molar-refractivity contribution in [2.24, 2.45) is 0 Å². The Kier molecular flexibility index (Phi) is 5.76. The Bertz CT molecular complexity index is 639. The lowest BCUT2D eigenvalue weighted by Gasteiger charge is -2.11. The van der Waals surface area contributed by atoms with Crippen LogP contribution in [0.1, 0.15) is 42.1 Å². The molecule has 3 heteroatoms. The molecule has 0 saturated heterocycles. The van der Waals surface area contributed by atoms with Crippen molar-refractivity contribution < 1.29 is 9.90 Å². The summed E-state index contributed by atoms with van der Waals surface area (Å²) in [5.74, 6) is 0.0496. The zero-order valence-electron chi connectivity index (χ0n) is 12.8. The highest BCUT2D eigenvalue weighted by molar-refractivity contribution is 6.30. The maximum atomic E-state index is 12.9. The van der Waals surface area contributed by atoms with Crippen LogP contribution in [-0.2, 0) is 6.42 Å². The number of allylic oxidation sites excluding steroid dienone is 5. The van der Waals surface area contributed by atoms with Crippen LogP contribution < -0.4 is 0 Å². The van der Waals surface area contributed by atoms with Gasteiger partial charge in [-0.05, 0) is 61.9 Å². The third kappa shape index (κ3) is 3.96. The van der Waals surface area contributed by atoms with Crippen molar-refractivity contribution in [2.75, 3.05) is 0 Å². The molecule has 1 aliphatic rings. The molecule has 0 heterocycles. The number of carbonyl (C=O) groups is 1. The minimum atomic E-state index is -0.419. The van der Waals surface area contributed by atoms with E-state index >= 15 is 0 Å². The van der Waals surface area contributed by atoms with Gasteiger partial charge in [0.1, 0.15) is 0 Å². The summed E-state index contributed by atoms with van der Waals surface area (Å²) in [4.78, 5) is 12.9. The number of hydrogen-bond donors (Lipinski definition) is 1. The van der Waals surface area contributed by atoms with E-state index in [9.17, 15) is 9.90 Å². The Labute approximate surface area is 136 Å². The molecule has 0 spiro atoms. The minimum Gasteiger partial charge on any atom is -0.393 e. The number of ketones is 1. The lowest BCUT2D eigenvalue weighted by Crippen LogP contribution is -2.09. The zero-order valence-corrected chi connectivity index (χ0v) is 13.6. The second-order valence-corrected chi connectivity index (χ2v) is 6.05. The van der Waals surface area contributed by atoms with Gasteiger partial charge in [0.2, 0.25) is 0 Å². The van der Waals surface area contributed by atoms with Crippen LogP contribution in [0.15, 0.2) is 54.2 Å². The molecule has 0 radical (unpaired) electrons. The highest BCUT2D eigenvalue weighted by atomic mass is 35.5. The molecule has 1 N–H and O–H groups in total. The lowest BCUT2D eigenvalue weighted by atomic mass is 9.94. The van der Waals surface area contributed by atoms with Gasteiger partial charge in [0.15, 0.2) is 5.78 Å².